The third-order valence-electron chi connectivity index (χ3n) is 25.8. The first kappa shape index (κ1) is 79.7. The van der Waals surface area contributed by atoms with E-state index in [1.807, 2.05) is 22.7 Å². The molecule has 20 aromatic carbocycles. The average molecular weight is 1690 g/mol. The van der Waals surface area contributed by atoms with E-state index in [4.69, 9.17) is 0 Å². The van der Waals surface area contributed by atoms with E-state index in [9.17, 15) is 0 Å². The van der Waals surface area contributed by atoms with Crippen molar-refractivity contribution >= 4 is 244 Å². The highest BCUT2D eigenvalue weighted by Gasteiger charge is 2.28. The van der Waals surface area contributed by atoms with Gasteiger partial charge in [-0.05, 0) is 197 Å². The van der Waals surface area contributed by atoms with Gasteiger partial charge in [0.25, 0.3) is 0 Å². The lowest BCUT2D eigenvalue weighted by atomic mass is 9.87. The summed E-state index contributed by atoms with van der Waals surface area (Å²) in [4.78, 5) is 9.81. The van der Waals surface area contributed by atoms with Crippen LogP contribution >= 0.6 is 22.7 Å². The molecule has 0 atom stereocenters. The number of nitrogens with zero attached hydrogens (tertiary/aromatic N) is 4. The second-order valence-corrected chi connectivity index (χ2v) is 50.3. The molecule has 0 unspecified atom stereocenters. The molecule has 612 valence electrons. The van der Waals surface area contributed by atoms with Crippen LogP contribution in [0.3, 0.4) is 0 Å². The zero-order chi connectivity index (χ0) is 86.1. The molecule has 8 heteroatoms. The van der Waals surface area contributed by atoms with Crippen molar-refractivity contribution in [3.05, 3.63) is 399 Å². The topological polar surface area (TPSA) is 13.0 Å². The molecule has 2 heterocycles. The minimum Gasteiger partial charge on any atom is -0.310 e. The van der Waals surface area contributed by atoms with Gasteiger partial charge in [-0.3, -0.25) is 0 Å². The molecule has 0 saturated heterocycles. The summed E-state index contributed by atoms with van der Waals surface area (Å²) < 4.78 is 5.21. The van der Waals surface area contributed by atoms with Crippen LogP contribution in [0.2, 0.25) is 39.3 Å². The van der Waals surface area contributed by atoms with E-state index in [1.54, 1.807) is 0 Å². The molecule has 126 heavy (non-hydrogen) atoms. The maximum Gasteiger partial charge on any atom is 0.0775 e. The Kier molecular flexibility index (Phi) is 19.8. The van der Waals surface area contributed by atoms with Gasteiger partial charge in [0.05, 0.1) is 38.9 Å². The first-order chi connectivity index (χ1) is 61.0. The summed E-state index contributed by atoms with van der Waals surface area (Å²) in [6.07, 6.45) is 0. The molecule has 0 amide bonds. The molecule has 22 aromatic rings. The number of thiophene rings is 2. The second kappa shape index (κ2) is 31.3. The third kappa shape index (κ3) is 14.3. The van der Waals surface area contributed by atoms with Crippen LogP contribution in [0.5, 0.6) is 0 Å². The fourth-order valence-electron chi connectivity index (χ4n) is 19.2. The van der Waals surface area contributed by atoms with Crippen LogP contribution in [0.25, 0.3) is 127 Å². The van der Waals surface area contributed by atoms with Gasteiger partial charge < -0.3 is 19.6 Å². The van der Waals surface area contributed by atoms with Crippen molar-refractivity contribution in [3.8, 4) is 0 Å². The molecule has 0 aliphatic carbocycles. The first-order valence-electron chi connectivity index (χ1n) is 44.2. The summed E-state index contributed by atoms with van der Waals surface area (Å²) in [6, 6.07) is 145. The highest BCUT2D eigenvalue weighted by atomic mass is 32.1. The van der Waals surface area contributed by atoms with Gasteiger partial charge in [-0.15, -0.1) is 22.7 Å². The molecule has 0 radical (unpaired) electrons. The average Bonchev–Trinajstić information content (AvgIpc) is 1.54. The molecule has 0 aliphatic rings. The van der Waals surface area contributed by atoms with Crippen molar-refractivity contribution in [3.63, 3.8) is 0 Å². The fourth-order valence-corrected chi connectivity index (χ4v) is 24.1. The summed E-state index contributed by atoms with van der Waals surface area (Å²) in [7, 11) is -2.96. The Morgan fingerprint density at radius 2 is 0.437 bits per heavy atom. The van der Waals surface area contributed by atoms with E-state index < -0.39 is 16.1 Å². The number of fused-ring (bicyclic) bond motifs is 20. The van der Waals surface area contributed by atoms with Crippen molar-refractivity contribution in [1.29, 1.82) is 0 Å². The maximum absolute atomic E-state index is 2.46. The van der Waals surface area contributed by atoms with Crippen molar-refractivity contribution < 1.29 is 0 Å². The van der Waals surface area contributed by atoms with Gasteiger partial charge in [-0.25, -0.2) is 0 Å². The predicted molar refractivity (Wildman–Crippen MR) is 561 cm³/mol. The maximum atomic E-state index is 2.46. The van der Waals surface area contributed by atoms with Crippen LogP contribution in [0, 0.1) is 0 Å². The molecule has 0 spiro atoms. The van der Waals surface area contributed by atoms with E-state index >= 15 is 0 Å². The minimum absolute atomic E-state index is 0.0625. The molecule has 0 bridgehead atoms. The molecule has 0 aliphatic heterocycles. The van der Waals surface area contributed by atoms with Gasteiger partial charge in [-0.1, -0.05) is 358 Å². The van der Waals surface area contributed by atoms with Crippen molar-refractivity contribution in [2.75, 3.05) is 19.6 Å². The molecule has 0 fully saturated rings. The largest absolute Gasteiger partial charge is 0.310 e. The lowest BCUT2D eigenvalue weighted by Crippen LogP contribution is -2.37. The molecule has 0 N–H and O–H groups in total. The zero-order valence-corrected chi connectivity index (χ0v) is 77.2. The Morgan fingerprint density at radius 3 is 0.722 bits per heavy atom. The van der Waals surface area contributed by atoms with E-state index in [1.165, 1.54) is 182 Å². The van der Waals surface area contributed by atoms with Gasteiger partial charge in [-0.2, -0.15) is 0 Å². The Balaban J connectivity index is 0.000000154. The standard InChI is InChI=1S/C60H50N2S.C58H50N2SSi2/c1-59(2,3)41-25-29-43(30-26-41)61(54-23-13-17-39-15-7-9-19-47(39)54)45-33-35-51-53(37-45)49-21-11-12-22-50(49)57-52-36-34-46(38-56(52)63-58(51)57)62(44-31-27-42(28-32-44)60(4,5)6)55-24-14-18-40-16-8-10-20-48(40)55;1-62(2,3)45-31-25-41(26-32-45)59(54-23-13-17-39-15-7-9-19-47(39)54)43-29-35-51-53(37-43)49-21-11-12-22-50(49)57-52-36-30-44(38-56(52)61-58(51)57)60(42-27-33-46(34-28-42)63(4,5)6)55-24-14-18-40-16-8-10-20-48(40)55/h2*7-38H,1-6H3. The minimum atomic E-state index is -1.48. The van der Waals surface area contributed by atoms with Gasteiger partial charge in [0.2, 0.25) is 0 Å². The van der Waals surface area contributed by atoms with Crippen LogP contribution in [0.1, 0.15) is 52.7 Å². The lowest BCUT2D eigenvalue weighted by molar-refractivity contribution is 0.590. The molecule has 2 aromatic heterocycles. The highest BCUT2D eigenvalue weighted by molar-refractivity contribution is 7.27. The summed E-state index contributed by atoms with van der Waals surface area (Å²) >= 11 is 3.83. The summed E-state index contributed by atoms with van der Waals surface area (Å²) in [5, 5.41) is 28.2. The molecular formula is C118H100N4S2Si2. The zero-order valence-electron chi connectivity index (χ0n) is 73.6. The molecule has 0 saturated carbocycles. The van der Waals surface area contributed by atoms with Gasteiger partial charge in [0.15, 0.2) is 0 Å². The lowest BCUT2D eigenvalue weighted by Gasteiger charge is -2.28. The van der Waals surface area contributed by atoms with E-state index in [-0.39, 0.29) is 10.8 Å². The number of hydrogen-bond acceptors (Lipinski definition) is 6. The fraction of sp³-hybridized carbons (Fsp3) is 0.119. The van der Waals surface area contributed by atoms with Crippen LogP contribution in [0.4, 0.5) is 68.2 Å². The van der Waals surface area contributed by atoms with Crippen molar-refractivity contribution in [2.45, 2.75) is 91.7 Å². The smallest absolute Gasteiger partial charge is 0.0775 e. The number of rotatable bonds is 14. The third-order valence-corrected chi connectivity index (χ3v) is 32.3. The first-order valence-corrected chi connectivity index (χ1v) is 52.8. The van der Waals surface area contributed by atoms with Gasteiger partial charge in [0.1, 0.15) is 0 Å². The Hall–Kier alpha value is -13.4. The Labute approximate surface area is 748 Å². The Morgan fingerprint density at radius 1 is 0.198 bits per heavy atom. The SMILES string of the molecule is CC(C)(C)c1ccc(N(c2ccc3c(c2)sc2c4ccc(N(c5ccc(C(C)(C)C)cc5)c5cccc6ccccc56)cc4c4ccccc4c32)c2cccc3ccccc23)cc1.C[Si](C)(C)c1ccc(N(c2ccc3c(c2)sc2c4ccc(N(c5ccc([Si](C)(C)C)cc5)c5cccc6ccccc56)cc4c4ccccc4c32)c2cccc3ccccc23)cc1. The Bertz CT molecular complexity index is 7520. The number of hydrogen-bond donors (Lipinski definition) is 0. The second-order valence-electron chi connectivity index (χ2n) is 38.0. The highest BCUT2D eigenvalue weighted by Crippen LogP contribution is 2.53. The van der Waals surface area contributed by atoms with Crippen LogP contribution in [-0.2, 0) is 10.8 Å². The number of anilines is 12. The monoisotopic (exact) mass is 1690 g/mol. The quantitative estimate of drug-likeness (QED) is 0.0795. The van der Waals surface area contributed by atoms with Crippen molar-refractivity contribution in [1.82, 2.24) is 0 Å². The van der Waals surface area contributed by atoms with E-state index in [0.29, 0.717) is 0 Å². The van der Waals surface area contributed by atoms with Gasteiger partial charge >= 0.3 is 0 Å². The van der Waals surface area contributed by atoms with E-state index in [0.717, 1.165) is 34.1 Å². The normalized spacial score (nSPS) is 12.3. The van der Waals surface area contributed by atoms with Crippen LogP contribution < -0.4 is 30.0 Å². The van der Waals surface area contributed by atoms with Crippen molar-refractivity contribution in [2.24, 2.45) is 0 Å². The predicted octanol–water partition coefficient (Wildman–Crippen LogP) is 34.9. The van der Waals surface area contributed by atoms with Gasteiger partial charge in [0, 0.05) is 118 Å². The molecule has 22 rings (SSSR count). The summed E-state index contributed by atoms with van der Waals surface area (Å²) in [6.45, 7) is 28.2. The molecule has 4 nitrogen and oxygen atoms in total. The van der Waals surface area contributed by atoms with E-state index in [2.05, 4.69) is 489 Å². The van der Waals surface area contributed by atoms with Crippen LogP contribution in [-0.4, -0.2) is 16.1 Å². The number of benzene rings is 20. The summed E-state index contributed by atoms with van der Waals surface area (Å²) in [5.41, 5.74) is 16.7. The van der Waals surface area contributed by atoms with Crippen LogP contribution in [0.15, 0.2) is 388 Å². The summed E-state index contributed by atoms with van der Waals surface area (Å²) in [5.74, 6) is 0. The molecular weight excluding hydrogens is 1590 g/mol.